The molecular formula is C35H27BrN2O2S. The minimum atomic E-state index is -0.0999. The van der Waals surface area contributed by atoms with Crippen molar-refractivity contribution in [3.8, 4) is 5.75 Å². The molecule has 1 aliphatic heterocycles. The third kappa shape index (κ3) is 5.99. The van der Waals surface area contributed by atoms with Crippen molar-refractivity contribution in [2.45, 2.75) is 20.5 Å². The van der Waals surface area contributed by atoms with Crippen LogP contribution in [-0.4, -0.2) is 11.1 Å². The van der Waals surface area contributed by atoms with Gasteiger partial charge in [-0.1, -0.05) is 83.9 Å². The van der Waals surface area contributed by atoms with Gasteiger partial charge < -0.3 is 4.74 Å². The lowest BCUT2D eigenvalue weighted by Gasteiger charge is -2.16. The Labute approximate surface area is 252 Å². The monoisotopic (exact) mass is 618 g/mol. The molecule has 5 aromatic carbocycles. The Morgan fingerprint density at radius 1 is 0.854 bits per heavy atom. The van der Waals surface area contributed by atoms with Crippen molar-refractivity contribution in [3.63, 3.8) is 0 Å². The average Bonchev–Trinajstić information content (AvgIpc) is 3.28. The van der Waals surface area contributed by atoms with E-state index in [1.165, 1.54) is 22.5 Å². The van der Waals surface area contributed by atoms with Crippen LogP contribution >= 0.6 is 27.7 Å². The van der Waals surface area contributed by atoms with Gasteiger partial charge in [-0.15, -0.1) is 0 Å². The largest absolute Gasteiger partial charge is 0.488 e. The van der Waals surface area contributed by atoms with Crippen LogP contribution in [0.4, 0.5) is 11.4 Å². The number of aryl methyl sites for hydroxylation is 2. The standard InChI is InChI=1S/C35H27BrN2O2S/c1-23-10-15-28(16-11-23)37-35-38(29-17-12-24(2)13-18-29)34(39)33(41-35)21-25-14-19-32(31(36)20-25)40-22-27-8-5-7-26-6-3-4-9-30(26)27/h3-21H,22H2,1-2H3/b33-21+,37-35?. The van der Waals surface area contributed by atoms with Crippen LogP contribution in [0.3, 0.4) is 0 Å². The molecule has 1 amide bonds. The molecule has 5 aromatic rings. The van der Waals surface area contributed by atoms with E-state index < -0.39 is 0 Å². The van der Waals surface area contributed by atoms with Crippen molar-refractivity contribution in [2.75, 3.05) is 4.90 Å². The summed E-state index contributed by atoms with van der Waals surface area (Å²) in [6, 6.07) is 36.4. The lowest BCUT2D eigenvalue weighted by molar-refractivity contribution is -0.113. The summed E-state index contributed by atoms with van der Waals surface area (Å²) in [5, 5.41) is 3.01. The Hall–Kier alpha value is -4.13. The van der Waals surface area contributed by atoms with Crippen LogP contribution in [-0.2, 0) is 11.4 Å². The van der Waals surface area contributed by atoms with Crippen molar-refractivity contribution in [1.82, 2.24) is 0 Å². The number of amides is 1. The molecule has 4 nitrogen and oxygen atoms in total. The summed E-state index contributed by atoms with van der Waals surface area (Å²) in [4.78, 5) is 20.8. The third-order valence-electron chi connectivity index (χ3n) is 6.87. The van der Waals surface area contributed by atoms with E-state index >= 15 is 0 Å². The second-order valence-electron chi connectivity index (χ2n) is 9.93. The van der Waals surface area contributed by atoms with Crippen LogP contribution in [0, 0.1) is 13.8 Å². The third-order valence-corrected chi connectivity index (χ3v) is 8.46. The van der Waals surface area contributed by atoms with E-state index in [9.17, 15) is 4.79 Å². The van der Waals surface area contributed by atoms with Crippen molar-refractivity contribution < 1.29 is 9.53 Å². The Morgan fingerprint density at radius 3 is 2.32 bits per heavy atom. The van der Waals surface area contributed by atoms with Gasteiger partial charge in [0.2, 0.25) is 0 Å². The van der Waals surface area contributed by atoms with E-state index in [4.69, 9.17) is 9.73 Å². The first-order chi connectivity index (χ1) is 19.9. The molecule has 0 unspecified atom stereocenters. The maximum Gasteiger partial charge on any atom is 0.271 e. The number of aliphatic imine (C=N–C) groups is 1. The number of halogens is 1. The zero-order valence-corrected chi connectivity index (χ0v) is 25.1. The number of ether oxygens (including phenoxy) is 1. The summed E-state index contributed by atoms with van der Waals surface area (Å²) < 4.78 is 7.01. The number of nitrogens with zero attached hydrogens (tertiary/aromatic N) is 2. The zero-order chi connectivity index (χ0) is 28.3. The van der Waals surface area contributed by atoms with Gasteiger partial charge in [0.15, 0.2) is 5.17 Å². The summed E-state index contributed by atoms with van der Waals surface area (Å²) in [6.45, 7) is 4.53. The molecule has 6 heteroatoms. The SMILES string of the molecule is Cc1ccc(N=C2S/C(=C/c3ccc(OCc4cccc5ccccc45)c(Br)c3)C(=O)N2c2ccc(C)cc2)cc1. The van der Waals surface area contributed by atoms with Gasteiger partial charge in [0, 0.05) is 0 Å². The van der Waals surface area contributed by atoms with Crippen LogP contribution in [0.25, 0.3) is 16.8 Å². The molecule has 0 aromatic heterocycles. The molecule has 0 N–H and O–H groups in total. The molecule has 202 valence electrons. The predicted octanol–water partition coefficient (Wildman–Crippen LogP) is 9.61. The molecule has 1 aliphatic rings. The van der Waals surface area contributed by atoms with Gasteiger partial charge in [-0.25, -0.2) is 4.99 Å². The maximum atomic E-state index is 13.7. The van der Waals surface area contributed by atoms with Crippen molar-refractivity contribution in [1.29, 1.82) is 0 Å². The summed E-state index contributed by atoms with van der Waals surface area (Å²) in [5.74, 6) is 0.644. The highest BCUT2D eigenvalue weighted by Crippen LogP contribution is 2.38. The first kappa shape index (κ1) is 27.1. The molecule has 41 heavy (non-hydrogen) atoms. The number of carbonyl (C=O) groups excluding carboxylic acids is 1. The quantitative estimate of drug-likeness (QED) is 0.178. The van der Waals surface area contributed by atoms with Crippen LogP contribution in [0.5, 0.6) is 5.75 Å². The van der Waals surface area contributed by atoms with Gasteiger partial charge in [0.1, 0.15) is 12.4 Å². The highest BCUT2D eigenvalue weighted by Gasteiger charge is 2.34. The lowest BCUT2D eigenvalue weighted by atomic mass is 10.1. The molecule has 0 radical (unpaired) electrons. The van der Waals surface area contributed by atoms with Gasteiger partial charge in [0.25, 0.3) is 5.91 Å². The second-order valence-corrected chi connectivity index (χ2v) is 11.8. The number of amidine groups is 1. The number of thioether (sulfide) groups is 1. The first-order valence-electron chi connectivity index (χ1n) is 13.3. The highest BCUT2D eigenvalue weighted by atomic mass is 79.9. The van der Waals surface area contributed by atoms with Crippen LogP contribution in [0.1, 0.15) is 22.3 Å². The molecule has 0 spiro atoms. The zero-order valence-electron chi connectivity index (χ0n) is 22.7. The average molecular weight is 620 g/mol. The van der Waals surface area contributed by atoms with Crippen LogP contribution < -0.4 is 9.64 Å². The molecular weight excluding hydrogens is 592 g/mol. The van der Waals surface area contributed by atoms with Gasteiger partial charge in [0.05, 0.1) is 20.8 Å². The summed E-state index contributed by atoms with van der Waals surface area (Å²) in [5.41, 5.74) is 5.92. The molecule has 0 aliphatic carbocycles. The Balaban J connectivity index is 1.26. The topological polar surface area (TPSA) is 41.9 Å². The van der Waals surface area contributed by atoms with Gasteiger partial charge in [-0.05, 0) is 106 Å². The number of anilines is 1. The number of benzene rings is 5. The molecule has 0 saturated carbocycles. The minimum absolute atomic E-state index is 0.0999. The summed E-state index contributed by atoms with van der Waals surface area (Å²) >= 11 is 5.05. The fourth-order valence-corrected chi connectivity index (χ4v) is 6.16. The Morgan fingerprint density at radius 2 is 1.56 bits per heavy atom. The van der Waals surface area contributed by atoms with Gasteiger partial charge in [-0.3, -0.25) is 9.69 Å². The lowest BCUT2D eigenvalue weighted by Crippen LogP contribution is -2.28. The van der Waals surface area contributed by atoms with E-state index in [-0.39, 0.29) is 5.91 Å². The molecule has 1 saturated heterocycles. The highest BCUT2D eigenvalue weighted by molar-refractivity contribution is 9.10. The number of fused-ring (bicyclic) bond motifs is 1. The van der Waals surface area contributed by atoms with Gasteiger partial charge in [-0.2, -0.15) is 0 Å². The smallest absolute Gasteiger partial charge is 0.271 e. The minimum Gasteiger partial charge on any atom is -0.488 e. The van der Waals surface area contributed by atoms with Crippen molar-refractivity contribution in [3.05, 3.63) is 141 Å². The van der Waals surface area contributed by atoms with Crippen LogP contribution in [0.2, 0.25) is 0 Å². The number of hydrogen-bond donors (Lipinski definition) is 0. The van der Waals surface area contributed by atoms with Gasteiger partial charge >= 0.3 is 0 Å². The fourth-order valence-electron chi connectivity index (χ4n) is 4.65. The van der Waals surface area contributed by atoms with E-state index in [2.05, 4.69) is 46.3 Å². The Kier molecular flexibility index (Phi) is 7.77. The number of rotatable bonds is 6. The van der Waals surface area contributed by atoms with E-state index in [0.717, 1.165) is 43.9 Å². The molecule has 0 atom stereocenters. The predicted molar refractivity (Wildman–Crippen MR) is 175 cm³/mol. The second kappa shape index (κ2) is 11.8. The number of hydrogen-bond acceptors (Lipinski definition) is 4. The first-order valence-corrected chi connectivity index (χ1v) is 14.9. The van der Waals surface area contributed by atoms with Crippen molar-refractivity contribution in [2.24, 2.45) is 4.99 Å². The number of carbonyl (C=O) groups is 1. The van der Waals surface area contributed by atoms with E-state index in [1.807, 2.05) is 98.8 Å². The summed E-state index contributed by atoms with van der Waals surface area (Å²) in [6.07, 6.45) is 1.91. The fraction of sp³-hybridized carbons (Fsp3) is 0.0857. The van der Waals surface area contributed by atoms with Crippen molar-refractivity contribution >= 4 is 67.0 Å². The van der Waals surface area contributed by atoms with E-state index in [1.54, 1.807) is 4.90 Å². The normalized spacial score (nSPS) is 15.3. The summed E-state index contributed by atoms with van der Waals surface area (Å²) in [7, 11) is 0. The van der Waals surface area contributed by atoms with E-state index in [0.29, 0.717) is 16.7 Å². The molecule has 0 bridgehead atoms. The van der Waals surface area contributed by atoms with Crippen LogP contribution in [0.15, 0.2) is 124 Å². The molecule has 6 rings (SSSR count). The Bertz CT molecular complexity index is 1810. The molecule has 1 heterocycles. The molecule has 1 fully saturated rings. The maximum absolute atomic E-state index is 13.7.